The molecular formula is C26H32N6O3. The van der Waals surface area contributed by atoms with Gasteiger partial charge in [-0.3, -0.25) is 9.13 Å². The Morgan fingerprint density at radius 1 is 0.943 bits per heavy atom. The minimum Gasteiger partial charge on any atom is -0.350 e. The van der Waals surface area contributed by atoms with E-state index >= 15 is 0 Å². The Balaban J connectivity index is 1.70. The molecule has 0 radical (unpaired) electrons. The second-order valence-electron chi connectivity index (χ2n) is 8.37. The lowest BCUT2D eigenvalue weighted by atomic mass is 10.0. The van der Waals surface area contributed by atoms with Gasteiger partial charge in [-0.1, -0.05) is 62.7 Å². The van der Waals surface area contributed by atoms with Gasteiger partial charge in [-0.05, 0) is 40.5 Å². The van der Waals surface area contributed by atoms with Gasteiger partial charge in [0.05, 0.1) is 17.9 Å². The highest BCUT2D eigenvalue weighted by atomic mass is 16.7. The molecule has 0 atom stereocenters. The minimum atomic E-state index is -0.581. The van der Waals surface area contributed by atoms with Crippen molar-refractivity contribution in [1.82, 2.24) is 29.3 Å². The zero-order valence-corrected chi connectivity index (χ0v) is 20.7. The summed E-state index contributed by atoms with van der Waals surface area (Å²) in [5.74, 6) is 0. The van der Waals surface area contributed by atoms with E-state index in [1.165, 1.54) is 0 Å². The van der Waals surface area contributed by atoms with Gasteiger partial charge in [0.25, 0.3) is 0 Å². The standard InChI is InChI=1S/C26H32N6O3/c1-5-9-23-24(25(34-3)35-4)30(16-6-2)26(33)31(23)17-19-12-14-20(15-13-19)21-10-7-8-11-22(21)32-18-27-28-29-32/h7-8,10-15,18,25H,5-6,9,16-17H2,1-4H3. The van der Waals surface area contributed by atoms with Crippen molar-refractivity contribution in [1.29, 1.82) is 0 Å². The number of rotatable bonds is 11. The lowest BCUT2D eigenvalue weighted by Crippen LogP contribution is -2.26. The van der Waals surface area contributed by atoms with Crippen LogP contribution in [0.5, 0.6) is 0 Å². The van der Waals surface area contributed by atoms with Crippen LogP contribution in [-0.2, 0) is 29.0 Å². The third-order valence-corrected chi connectivity index (χ3v) is 6.07. The maximum Gasteiger partial charge on any atom is 0.329 e. The molecule has 0 fully saturated rings. The van der Waals surface area contributed by atoms with Crippen molar-refractivity contribution in [2.75, 3.05) is 14.2 Å². The highest BCUT2D eigenvalue weighted by molar-refractivity contribution is 5.72. The van der Waals surface area contributed by atoms with E-state index in [1.54, 1.807) is 29.8 Å². The molecule has 0 unspecified atom stereocenters. The van der Waals surface area contributed by atoms with Crippen molar-refractivity contribution in [2.45, 2.75) is 52.5 Å². The summed E-state index contributed by atoms with van der Waals surface area (Å²) in [5.41, 5.74) is 5.76. The summed E-state index contributed by atoms with van der Waals surface area (Å²) in [6, 6.07) is 16.2. The van der Waals surface area contributed by atoms with Crippen LogP contribution >= 0.6 is 0 Å². The normalized spacial score (nSPS) is 11.5. The van der Waals surface area contributed by atoms with E-state index in [9.17, 15) is 4.79 Å². The fourth-order valence-corrected chi connectivity index (χ4v) is 4.51. The summed E-state index contributed by atoms with van der Waals surface area (Å²) < 4.78 is 16.5. The zero-order valence-electron chi connectivity index (χ0n) is 20.7. The smallest absolute Gasteiger partial charge is 0.329 e. The number of methoxy groups -OCH3 is 2. The first-order chi connectivity index (χ1) is 17.1. The van der Waals surface area contributed by atoms with E-state index in [1.807, 2.05) is 28.8 Å². The second kappa shape index (κ2) is 11.2. The number of aromatic nitrogens is 6. The van der Waals surface area contributed by atoms with Crippen LogP contribution in [0.15, 0.2) is 59.7 Å². The number of tetrazole rings is 1. The van der Waals surface area contributed by atoms with E-state index in [0.717, 1.165) is 53.0 Å². The summed E-state index contributed by atoms with van der Waals surface area (Å²) in [5, 5.41) is 11.5. The van der Waals surface area contributed by atoms with Gasteiger partial charge >= 0.3 is 5.69 Å². The SMILES string of the molecule is CCCc1c(C(OC)OC)n(CCC)c(=O)n1Cc1ccc(-c2ccccc2-n2cnnn2)cc1. The summed E-state index contributed by atoms with van der Waals surface area (Å²) >= 11 is 0. The van der Waals surface area contributed by atoms with Gasteiger partial charge in [-0.2, -0.15) is 4.68 Å². The van der Waals surface area contributed by atoms with Crippen LogP contribution in [-0.4, -0.2) is 43.6 Å². The summed E-state index contributed by atoms with van der Waals surface area (Å²) in [6.07, 6.45) is 3.53. The molecule has 0 aliphatic heterocycles. The first kappa shape index (κ1) is 24.6. The number of benzene rings is 2. The van der Waals surface area contributed by atoms with Gasteiger partial charge in [0.2, 0.25) is 0 Å². The Labute approximate surface area is 204 Å². The molecule has 0 spiro atoms. The predicted octanol–water partition coefficient (Wildman–Crippen LogP) is 3.99. The highest BCUT2D eigenvalue weighted by Crippen LogP contribution is 2.27. The van der Waals surface area contributed by atoms with E-state index in [4.69, 9.17) is 9.47 Å². The molecule has 0 aliphatic rings. The molecule has 0 bridgehead atoms. The van der Waals surface area contributed by atoms with Gasteiger partial charge in [0.1, 0.15) is 6.33 Å². The van der Waals surface area contributed by atoms with Crippen LogP contribution in [0.4, 0.5) is 0 Å². The Hall–Kier alpha value is -3.56. The molecule has 2 heterocycles. The molecule has 184 valence electrons. The van der Waals surface area contributed by atoms with Gasteiger partial charge in [-0.25, -0.2) is 4.79 Å². The molecule has 0 amide bonds. The van der Waals surface area contributed by atoms with E-state index in [2.05, 4.69) is 53.6 Å². The van der Waals surface area contributed by atoms with Crippen molar-refractivity contribution in [3.8, 4) is 16.8 Å². The number of para-hydroxylation sites is 1. The number of nitrogens with zero attached hydrogens (tertiary/aromatic N) is 6. The van der Waals surface area contributed by atoms with Crippen molar-refractivity contribution in [2.24, 2.45) is 0 Å². The van der Waals surface area contributed by atoms with Crippen molar-refractivity contribution >= 4 is 0 Å². The first-order valence-corrected chi connectivity index (χ1v) is 11.9. The zero-order chi connectivity index (χ0) is 24.8. The van der Waals surface area contributed by atoms with Gasteiger partial charge < -0.3 is 9.47 Å². The fraction of sp³-hybridized carbons (Fsp3) is 0.385. The number of ether oxygens (including phenoxy) is 2. The lowest BCUT2D eigenvalue weighted by Gasteiger charge is -2.17. The third kappa shape index (κ3) is 4.96. The van der Waals surface area contributed by atoms with E-state index < -0.39 is 6.29 Å². The first-order valence-electron chi connectivity index (χ1n) is 11.9. The molecule has 4 aromatic rings. The minimum absolute atomic E-state index is 0.0301. The van der Waals surface area contributed by atoms with E-state index in [0.29, 0.717) is 13.1 Å². The molecule has 9 heteroatoms. The van der Waals surface area contributed by atoms with Gasteiger partial charge in [0, 0.05) is 32.0 Å². The topological polar surface area (TPSA) is 89.0 Å². The molecule has 0 saturated carbocycles. The second-order valence-corrected chi connectivity index (χ2v) is 8.37. The van der Waals surface area contributed by atoms with Crippen LogP contribution in [0.2, 0.25) is 0 Å². The molecule has 2 aromatic heterocycles. The average molecular weight is 477 g/mol. The van der Waals surface area contributed by atoms with Crippen LogP contribution in [0.1, 0.15) is 49.9 Å². The Morgan fingerprint density at radius 3 is 2.31 bits per heavy atom. The van der Waals surface area contributed by atoms with Crippen molar-refractivity contribution in [3.63, 3.8) is 0 Å². The number of hydrogen-bond donors (Lipinski definition) is 0. The highest BCUT2D eigenvalue weighted by Gasteiger charge is 2.25. The summed E-state index contributed by atoms with van der Waals surface area (Å²) in [7, 11) is 3.21. The molecule has 9 nitrogen and oxygen atoms in total. The number of hydrogen-bond acceptors (Lipinski definition) is 6. The van der Waals surface area contributed by atoms with Gasteiger partial charge in [-0.15, -0.1) is 5.10 Å². The molecule has 0 N–H and O–H groups in total. The van der Waals surface area contributed by atoms with Crippen molar-refractivity contribution in [3.05, 3.63) is 82.3 Å². The summed E-state index contributed by atoms with van der Waals surface area (Å²) in [4.78, 5) is 13.5. The lowest BCUT2D eigenvalue weighted by molar-refractivity contribution is -0.111. The van der Waals surface area contributed by atoms with Crippen LogP contribution in [0.3, 0.4) is 0 Å². The van der Waals surface area contributed by atoms with Crippen molar-refractivity contribution < 1.29 is 9.47 Å². The molecule has 4 rings (SSSR count). The molecular weight excluding hydrogens is 444 g/mol. The Bertz CT molecular complexity index is 1290. The predicted molar refractivity (Wildman–Crippen MR) is 133 cm³/mol. The third-order valence-electron chi connectivity index (χ3n) is 6.07. The molecule has 35 heavy (non-hydrogen) atoms. The monoisotopic (exact) mass is 476 g/mol. The fourth-order valence-electron chi connectivity index (χ4n) is 4.51. The molecule has 0 aliphatic carbocycles. The van der Waals surface area contributed by atoms with Crippen LogP contribution < -0.4 is 5.69 Å². The van der Waals surface area contributed by atoms with Gasteiger partial charge in [0.15, 0.2) is 6.29 Å². The summed E-state index contributed by atoms with van der Waals surface area (Å²) in [6.45, 7) is 5.27. The van der Waals surface area contributed by atoms with Crippen LogP contribution in [0.25, 0.3) is 16.8 Å². The Kier molecular flexibility index (Phi) is 7.89. The molecule has 2 aromatic carbocycles. The Morgan fingerprint density at radius 2 is 1.69 bits per heavy atom. The maximum atomic E-state index is 13.5. The van der Waals surface area contributed by atoms with Crippen LogP contribution in [0, 0.1) is 0 Å². The number of imidazole rings is 1. The maximum absolute atomic E-state index is 13.5. The average Bonchev–Trinajstić information content (AvgIpc) is 3.51. The quantitative estimate of drug-likeness (QED) is 0.304. The molecule has 0 saturated heterocycles. The van der Waals surface area contributed by atoms with E-state index in [-0.39, 0.29) is 5.69 Å². The largest absolute Gasteiger partial charge is 0.350 e.